The molecule has 0 heterocycles. The van der Waals surface area contributed by atoms with Gasteiger partial charge in [0.05, 0.1) is 6.61 Å². The number of hydrogen-bond acceptors (Lipinski definition) is 2. The average Bonchev–Trinajstić information content (AvgIpc) is 2.25. The molecule has 0 spiro atoms. The van der Waals surface area contributed by atoms with E-state index in [0.717, 1.165) is 24.9 Å². The fraction of sp³-hybridized carbons (Fsp3) is 0.417. The van der Waals surface area contributed by atoms with Gasteiger partial charge in [0.25, 0.3) is 0 Å². The smallest absolute Gasteiger partial charge is 0.216 e. The predicted octanol–water partition coefficient (Wildman–Crippen LogP) is 1.25. The van der Waals surface area contributed by atoms with E-state index in [2.05, 4.69) is 5.32 Å². The van der Waals surface area contributed by atoms with Crippen LogP contribution in [0.15, 0.2) is 24.3 Å². The second-order valence-corrected chi connectivity index (χ2v) is 3.56. The molecule has 0 aliphatic heterocycles. The van der Waals surface area contributed by atoms with Crippen LogP contribution in [0.5, 0.6) is 0 Å². The summed E-state index contributed by atoms with van der Waals surface area (Å²) < 4.78 is 0. The number of hydrogen-bond donors (Lipinski definition) is 2. The predicted molar refractivity (Wildman–Crippen MR) is 59.4 cm³/mol. The zero-order valence-corrected chi connectivity index (χ0v) is 8.99. The molecule has 1 rings (SSSR count). The average molecular weight is 207 g/mol. The molecule has 0 atom stereocenters. The molecule has 82 valence electrons. The maximum absolute atomic E-state index is 10.6. The van der Waals surface area contributed by atoms with Crippen molar-refractivity contribution in [3.05, 3.63) is 35.4 Å². The topological polar surface area (TPSA) is 49.3 Å². The third kappa shape index (κ3) is 4.61. The zero-order chi connectivity index (χ0) is 11.1. The van der Waals surface area contributed by atoms with Crippen LogP contribution in [-0.4, -0.2) is 17.6 Å². The van der Waals surface area contributed by atoms with E-state index in [1.54, 1.807) is 0 Å². The molecule has 0 saturated carbocycles. The maximum Gasteiger partial charge on any atom is 0.216 e. The Bertz CT molecular complexity index is 306. The maximum atomic E-state index is 10.6. The van der Waals surface area contributed by atoms with Crippen LogP contribution in [0.3, 0.4) is 0 Å². The van der Waals surface area contributed by atoms with Crippen molar-refractivity contribution in [1.29, 1.82) is 0 Å². The van der Waals surface area contributed by atoms with Gasteiger partial charge in [-0.3, -0.25) is 4.79 Å². The number of carbonyl (C=O) groups excluding carboxylic acids is 1. The summed E-state index contributed by atoms with van der Waals surface area (Å²) >= 11 is 0. The van der Waals surface area contributed by atoms with Crippen molar-refractivity contribution in [2.45, 2.75) is 26.4 Å². The van der Waals surface area contributed by atoms with E-state index < -0.39 is 0 Å². The van der Waals surface area contributed by atoms with E-state index in [1.807, 2.05) is 24.3 Å². The number of carbonyl (C=O) groups is 1. The first kappa shape index (κ1) is 11.7. The first-order chi connectivity index (χ1) is 7.22. The molecule has 0 bridgehead atoms. The largest absolute Gasteiger partial charge is 0.392 e. The molecule has 0 fully saturated rings. The highest BCUT2D eigenvalue weighted by Gasteiger charge is 1.95. The summed E-state index contributed by atoms with van der Waals surface area (Å²) in [6.07, 6.45) is 1.89. The van der Waals surface area contributed by atoms with Gasteiger partial charge in [-0.05, 0) is 24.0 Å². The van der Waals surface area contributed by atoms with Gasteiger partial charge >= 0.3 is 0 Å². The molecule has 1 aromatic rings. The van der Waals surface area contributed by atoms with E-state index in [1.165, 1.54) is 12.5 Å². The first-order valence-corrected chi connectivity index (χ1v) is 5.15. The minimum atomic E-state index is 0.0191. The molecule has 0 saturated heterocycles. The van der Waals surface area contributed by atoms with Crippen LogP contribution in [0.1, 0.15) is 24.5 Å². The fourth-order valence-corrected chi connectivity index (χ4v) is 1.37. The van der Waals surface area contributed by atoms with Gasteiger partial charge in [-0.15, -0.1) is 0 Å². The number of benzene rings is 1. The lowest BCUT2D eigenvalue weighted by atomic mass is 10.1. The second-order valence-electron chi connectivity index (χ2n) is 3.56. The molecule has 2 N–H and O–H groups in total. The van der Waals surface area contributed by atoms with E-state index in [9.17, 15) is 4.79 Å². The van der Waals surface area contributed by atoms with Crippen molar-refractivity contribution in [3.63, 3.8) is 0 Å². The van der Waals surface area contributed by atoms with Crippen molar-refractivity contribution >= 4 is 5.91 Å². The zero-order valence-electron chi connectivity index (χ0n) is 8.99. The van der Waals surface area contributed by atoms with Gasteiger partial charge < -0.3 is 10.4 Å². The number of rotatable bonds is 5. The van der Waals surface area contributed by atoms with Gasteiger partial charge in [-0.1, -0.05) is 24.3 Å². The lowest BCUT2D eigenvalue weighted by Crippen LogP contribution is -2.21. The highest BCUT2D eigenvalue weighted by atomic mass is 16.3. The quantitative estimate of drug-likeness (QED) is 0.714. The van der Waals surface area contributed by atoms with Crippen molar-refractivity contribution in [3.8, 4) is 0 Å². The van der Waals surface area contributed by atoms with Gasteiger partial charge in [0.2, 0.25) is 5.91 Å². The fourth-order valence-electron chi connectivity index (χ4n) is 1.37. The van der Waals surface area contributed by atoms with Gasteiger partial charge in [0.1, 0.15) is 0 Å². The Balaban J connectivity index is 2.28. The minimum Gasteiger partial charge on any atom is -0.392 e. The van der Waals surface area contributed by atoms with Crippen LogP contribution >= 0.6 is 0 Å². The summed E-state index contributed by atoms with van der Waals surface area (Å²) in [5.41, 5.74) is 2.16. The van der Waals surface area contributed by atoms with Crippen LogP contribution in [0, 0.1) is 0 Å². The molecular formula is C12H17NO2. The van der Waals surface area contributed by atoms with Gasteiger partial charge in [0, 0.05) is 13.5 Å². The Kier molecular flexibility index (Phi) is 4.84. The lowest BCUT2D eigenvalue weighted by Gasteiger charge is -2.03. The summed E-state index contributed by atoms with van der Waals surface area (Å²) in [6, 6.07) is 7.88. The summed E-state index contributed by atoms with van der Waals surface area (Å²) in [4.78, 5) is 10.6. The van der Waals surface area contributed by atoms with Crippen molar-refractivity contribution in [2.75, 3.05) is 6.54 Å². The first-order valence-electron chi connectivity index (χ1n) is 5.15. The molecule has 0 aromatic heterocycles. The van der Waals surface area contributed by atoms with Crippen molar-refractivity contribution < 1.29 is 9.90 Å². The minimum absolute atomic E-state index is 0.0191. The number of nitrogens with one attached hydrogen (secondary N) is 1. The third-order valence-electron chi connectivity index (χ3n) is 2.22. The van der Waals surface area contributed by atoms with Crippen LogP contribution in [0.4, 0.5) is 0 Å². The Labute approximate surface area is 90.1 Å². The molecule has 1 aromatic carbocycles. The Hall–Kier alpha value is -1.35. The molecule has 0 unspecified atom stereocenters. The van der Waals surface area contributed by atoms with E-state index in [-0.39, 0.29) is 12.5 Å². The standard InChI is InChI=1S/C12H17NO2/c1-10(15)13-8-2-3-11-4-6-12(9-14)7-5-11/h4-7,14H,2-3,8-9H2,1H3,(H,13,15). The molecule has 0 radical (unpaired) electrons. The van der Waals surface area contributed by atoms with E-state index in [0.29, 0.717) is 0 Å². The number of amides is 1. The lowest BCUT2D eigenvalue weighted by molar-refractivity contribution is -0.118. The van der Waals surface area contributed by atoms with Crippen molar-refractivity contribution in [1.82, 2.24) is 5.32 Å². The highest BCUT2D eigenvalue weighted by molar-refractivity contribution is 5.72. The Morgan fingerprint density at radius 2 is 1.87 bits per heavy atom. The molecule has 15 heavy (non-hydrogen) atoms. The molecule has 3 nitrogen and oxygen atoms in total. The van der Waals surface area contributed by atoms with Gasteiger partial charge in [-0.2, -0.15) is 0 Å². The molecule has 1 amide bonds. The van der Waals surface area contributed by atoms with Crippen LogP contribution in [0.2, 0.25) is 0 Å². The highest BCUT2D eigenvalue weighted by Crippen LogP contribution is 2.06. The summed E-state index contributed by atoms with van der Waals surface area (Å²) in [5, 5.41) is 11.6. The Morgan fingerprint density at radius 1 is 1.27 bits per heavy atom. The monoisotopic (exact) mass is 207 g/mol. The number of aryl methyl sites for hydroxylation is 1. The Morgan fingerprint density at radius 3 is 2.40 bits per heavy atom. The van der Waals surface area contributed by atoms with Crippen LogP contribution < -0.4 is 5.32 Å². The second kappa shape index (κ2) is 6.19. The summed E-state index contributed by atoms with van der Waals surface area (Å²) in [6.45, 7) is 2.33. The normalized spacial score (nSPS) is 10.0. The SMILES string of the molecule is CC(=O)NCCCc1ccc(CO)cc1. The van der Waals surface area contributed by atoms with Crippen LogP contribution in [0.25, 0.3) is 0 Å². The molecule has 0 aliphatic carbocycles. The summed E-state index contributed by atoms with van der Waals surface area (Å²) in [7, 11) is 0. The van der Waals surface area contributed by atoms with Gasteiger partial charge in [-0.25, -0.2) is 0 Å². The molecular weight excluding hydrogens is 190 g/mol. The third-order valence-corrected chi connectivity index (χ3v) is 2.22. The van der Waals surface area contributed by atoms with E-state index >= 15 is 0 Å². The van der Waals surface area contributed by atoms with E-state index in [4.69, 9.17) is 5.11 Å². The van der Waals surface area contributed by atoms with Crippen molar-refractivity contribution in [2.24, 2.45) is 0 Å². The number of aliphatic hydroxyl groups excluding tert-OH is 1. The van der Waals surface area contributed by atoms with Gasteiger partial charge in [0.15, 0.2) is 0 Å². The number of aliphatic hydroxyl groups is 1. The van der Waals surface area contributed by atoms with Crippen LogP contribution in [-0.2, 0) is 17.8 Å². The molecule has 0 aliphatic rings. The summed E-state index contributed by atoms with van der Waals surface area (Å²) in [5.74, 6) is 0.0191. The molecule has 3 heteroatoms.